The van der Waals surface area contributed by atoms with Crippen molar-refractivity contribution in [2.75, 3.05) is 11.4 Å². The van der Waals surface area contributed by atoms with E-state index in [0.717, 1.165) is 5.56 Å². The third-order valence-corrected chi connectivity index (χ3v) is 4.38. The third-order valence-electron chi connectivity index (χ3n) is 4.15. The van der Waals surface area contributed by atoms with Gasteiger partial charge in [0.05, 0.1) is 12.2 Å². The molecule has 1 heterocycles. The molecule has 3 rings (SSSR count). The molecule has 2 atom stereocenters. The van der Waals surface area contributed by atoms with Crippen molar-refractivity contribution in [2.45, 2.75) is 26.1 Å². The minimum Gasteiger partial charge on any atom is -0.481 e. The standard InChI is InChI=1S/C19H19ClN2O4/c1-11-9-13(20)7-8-15(11)25-12(2)19(24)22-10-17(18(21)23)26-16-6-4-3-5-14(16)22/h3-9,12,17H,10H2,1-2H3,(H2,21,23)/t12-,17-/m1/s1. The molecule has 2 aromatic carbocycles. The van der Waals surface area contributed by atoms with Gasteiger partial charge in [0.2, 0.25) is 0 Å². The van der Waals surface area contributed by atoms with E-state index in [-0.39, 0.29) is 12.5 Å². The molecule has 0 unspecified atom stereocenters. The van der Waals surface area contributed by atoms with E-state index >= 15 is 0 Å². The highest BCUT2D eigenvalue weighted by Crippen LogP contribution is 2.34. The first kappa shape index (κ1) is 18.1. The van der Waals surface area contributed by atoms with Crippen molar-refractivity contribution in [3.63, 3.8) is 0 Å². The molecule has 1 aliphatic rings. The molecule has 0 fully saturated rings. The summed E-state index contributed by atoms with van der Waals surface area (Å²) in [6.07, 6.45) is -1.67. The molecule has 0 saturated heterocycles. The average Bonchev–Trinajstić information content (AvgIpc) is 2.62. The predicted octanol–water partition coefficient (Wildman–Crippen LogP) is 2.70. The van der Waals surface area contributed by atoms with E-state index in [2.05, 4.69) is 0 Å². The van der Waals surface area contributed by atoms with Gasteiger partial charge in [-0.1, -0.05) is 23.7 Å². The Morgan fingerprint density at radius 2 is 2.04 bits per heavy atom. The molecule has 0 aromatic heterocycles. The molecule has 2 aromatic rings. The van der Waals surface area contributed by atoms with Crippen LogP contribution in [-0.2, 0) is 9.59 Å². The molecule has 0 radical (unpaired) electrons. The van der Waals surface area contributed by atoms with Crippen LogP contribution in [-0.4, -0.2) is 30.6 Å². The second-order valence-electron chi connectivity index (χ2n) is 6.10. The van der Waals surface area contributed by atoms with E-state index in [4.69, 9.17) is 26.8 Å². The van der Waals surface area contributed by atoms with Crippen LogP contribution in [0.15, 0.2) is 42.5 Å². The van der Waals surface area contributed by atoms with Crippen molar-refractivity contribution < 1.29 is 19.1 Å². The lowest BCUT2D eigenvalue weighted by atomic mass is 10.1. The van der Waals surface area contributed by atoms with Crippen molar-refractivity contribution in [3.8, 4) is 11.5 Å². The number of nitrogens with zero attached hydrogens (tertiary/aromatic N) is 1. The van der Waals surface area contributed by atoms with Crippen molar-refractivity contribution in [2.24, 2.45) is 5.73 Å². The molecule has 0 saturated carbocycles. The van der Waals surface area contributed by atoms with Crippen LogP contribution in [0.5, 0.6) is 11.5 Å². The molecule has 7 heteroatoms. The number of benzene rings is 2. The lowest BCUT2D eigenvalue weighted by Gasteiger charge is -2.34. The highest BCUT2D eigenvalue weighted by Gasteiger charge is 2.35. The first-order chi connectivity index (χ1) is 12.4. The van der Waals surface area contributed by atoms with Crippen LogP contribution < -0.4 is 20.1 Å². The number of anilines is 1. The highest BCUT2D eigenvalue weighted by molar-refractivity contribution is 6.30. The van der Waals surface area contributed by atoms with Crippen molar-refractivity contribution >= 4 is 29.1 Å². The molecule has 0 bridgehead atoms. The molecule has 0 aliphatic carbocycles. The number of hydrogen-bond acceptors (Lipinski definition) is 4. The number of carbonyl (C=O) groups excluding carboxylic acids is 2. The number of fused-ring (bicyclic) bond motifs is 1. The Balaban J connectivity index is 1.84. The summed E-state index contributed by atoms with van der Waals surface area (Å²) in [5.74, 6) is 0.0924. The third kappa shape index (κ3) is 3.60. The quantitative estimate of drug-likeness (QED) is 0.892. The minimum atomic E-state index is -0.904. The van der Waals surface area contributed by atoms with Gasteiger partial charge in [-0.2, -0.15) is 0 Å². The maximum absolute atomic E-state index is 13.0. The van der Waals surface area contributed by atoms with Crippen LogP contribution in [0, 0.1) is 6.92 Å². The summed E-state index contributed by atoms with van der Waals surface area (Å²) >= 11 is 5.95. The van der Waals surface area contributed by atoms with Crippen LogP contribution in [0.1, 0.15) is 12.5 Å². The first-order valence-electron chi connectivity index (χ1n) is 8.16. The Bertz CT molecular complexity index is 855. The molecule has 2 N–H and O–H groups in total. The molecule has 2 amide bonds. The van der Waals surface area contributed by atoms with E-state index in [0.29, 0.717) is 22.2 Å². The largest absolute Gasteiger partial charge is 0.481 e. The summed E-state index contributed by atoms with van der Waals surface area (Å²) in [5, 5.41) is 0.597. The van der Waals surface area contributed by atoms with Crippen LogP contribution in [0.4, 0.5) is 5.69 Å². The van der Waals surface area contributed by atoms with Crippen LogP contribution in [0.25, 0.3) is 0 Å². The van der Waals surface area contributed by atoms with E-state index in [1.54, 1.807) is 49.4 Å². The number of aryl methyl sites for hydroxylation is 1. The van der Waals surface area contributed by atoms with Crippen molar-refractivity contribution in [1.82, 2.24) is 0 Å². The summed E-state index contributed by atoms with van der Waals surface area (Å²) in [7, 11) is 0. The van der Waals surface area contributed by atoms with Gasteiger partial charge in [0, 0.05) is 5.02 Å². The topological polar surface area (TPSA) is 81.9 Å². The molecule has 26 heavy (non-hydrogen) atoms. The second-order valence-corrected chi connectivity index (χ2v) is 6.53. The molecular formula is C19H19ClN2O4. The lowest BCUT2D eigenvalue weighted by molar-refractivity contribution is -0.127. The maximum atomic E-state index is 13.0. The number of nitrogens with two attached hydrogens (primary N) is 1. The normalized spacial score (nSPS) is 17.0. The summed E-state index contributed by atoms with van der Waals surface area (Å²) < 4.78 is 11.4. The van der Waals surface area contributed by atoms with Gasteiger partial charge < -0.3 is 20.1 Å². The van der Waals surface area contributed by atoms with Gasteiger partial charge in [-0.3, -0.25) is 9.59 Å². The number of primary amides is 1. The maximum Gasteiger partial charge on any atom is 0.268 e. The fourth-order valence-electron chi connectivity index (χ4n) is 2.80. The summed E-state index contributed by atoms with van der Waals surface area (Å²) in [6.45, 7) is 3.55. The highest BCUT2D eigenvalue weighted by atomic mass is 35.5. The number of hydrogen-bond donors (Lipinski definition) is 1. The smallest absolute Gasteiger partial charge is 0.268 e. The Morgan fingerprint density at radius 1 is 1.31 bits per heavy atom. The van der Waals surface area contributed by atoms with E-state index in [9.17, 15) is 9.59 Å². The summed E-state index contributed by atoms with van der Waals surface area (Å²) in [4.78, 5) is 26.0. The predicted molar refractivity (Wildman–Crippen MR) is 98.7 cm³/mol. The summed E-state index contributed by atoms with van der Waals surface area (Å²) in [6, 6.07) is 12.2. The van der Waals surface area contributed by atoms with Crippen LogP contribution >= 0.6 is 11.6 Å². The Hall–Kier alpha value is -2.73. The zero-order chi connectivity index (χ0) is 18.8. The number of halogens is 1. The fraction of sp³-hybridized carbons (Fsp3) is 0.263. The monoisotopic (exact) mass is 374 g/mol. The second kappa shape index (κ2) is 7.25. The van der Waals surface area contributed by atoms with Gasteiger partial charge in [0.25, 0.3) is 11.8 Å². The Labute approximate surface area is 156 Å². The van der Waals surface area contributed by atoms with Crippen LogP contribution in [0.2, 0.25) is 5.02 Å². The van der Waals surface area contributed by atoms with E-state index in [1.165, 1.54) is 4.90 Å². The molecular weight excluding hydrogens is 356 g/mol. The Morgan fingerprint density at radius 3 is 2.73 bits per heavy atom. The minimum absolute atomic E-state index is 0.0402. The molecule has 0 spiro atoms. The van der Waals surface area contributed by atoms with Crippen molar-refractivity contribution in [3.05, 3.63) is 53.1 Å². The SMILES string of the molecule is Cc1cc(Cl)ccc1O[C@H](C)C(=O)N1C[C@H](C(N)=O)Oc2ccccc21. The number of rotatable bonds is 4. The van der Waals surface area contributed by atoms with Gasteiger partial charge in [0.15, 0.2) is 12.2 Å². The lowest BCUT2D eigenvalue weighted by Crippen LogP contribution is -2.52. The van der Waals surface area contributed by atoms with E-state index in [1.807, 2.05) is 6.92 Å². The Kier molecular flexibility index (Phi) is 5.04. The van der Waals surface area contributed by atoms with E-state index < -0.39 is 18.1 Å². The van der Waals surface area contributed by atoms with Gasteiger partial charge >= 0.3 is 0 Å². The first-order valence-corrected chi connectivity index (χ1v) is 8.54. The number of para-hydroxylation sites is 2. The molecule has 6 nitrogen and oxygen atoms in total. The summed E-state index contributed by atoms with van der Waals surface area (Å²) in [5.41, 5.74) is 6.78. The van der Waals surface area contributed by atoms with Crippen LogP contribution in [0.3, 0.4) is 0 Å². The van der Waals surface area contributed by atoms with Gasteiger partial charge in [-0.15, -0.1) is 0 Å². The zero-order valence-electron chi connectivity index (χ0n) is 14.4. The van der Waals surface area contributed by atoms with Gasteiger partial charge in [-0.05, 0) is 49.7 Å². The van der Waals surface area contributed by atoms with Gasteiger partial charge in [0.1, 0.15) is 11.5 Å². The average molecular weight is 375 g/mol. The zero-order valence-corrected chi connectivity index (χ0v) is 15.2. The molecule has 136 valence electrons. The number of ether oxygens (including phenoxy) is 2. The molecule has 1 aliphatic heterocycles. The number of carbonyl (C=O) groups is 2. The van der Waals surface area contributed by atoms with Gasteiger partial charge in [-0.25, -0.2) is 0 Å². The van der Waals surface area contributed by atoms with Crippen molar-refractivity contribution in [1.29, 1.82) is 0 Å². The number of amides is 2. The fourth-order valence-corrected chi connectivity index (χ4v) is 3.02.